The van der Waals surface area contributed by atoms with Crippen molar-refractivity contribution >= 4 is 0 Å². The van der Waals surface area contributed by atoms with Crippen LogP contribution in [-0.2, 0) is 18.9 Å². The Morgan fingerprint density at radius 1 is 1.12 bits per heavy atom. The number of epoxide rings is 2. The zero-order valence-corrected chi connectivity index (χ0v) is 11.4. The molecule has 100 valence electrons. The molecule has 4 nitrogen and oxygen atoms in total. The summed E-state index contributed by atoms with van der Waals surface area (Å²) in [5.41, 5.74) is 0.164. The maximum Gasteiger partial charge on any atom is 0.184 e. The van der Waals surface area contributed by atoms with Crippen molar-refractivity contribution < 1.29 is 18.9 Å². The van der Waals surface area contributed by atoms with Crippen LogP contribution in [0, 0.1) is 11.3 Å². The average Bonchev–Trinajstić information content (AvgIpc) is 3.11. The summed E-state index contributed by atoms with van der Waals surface area (Å²) in [6.45, 7) is 6.75. The molecule has 0 aliphatic carbocycles. The summed E-state index contributed by atoms with van der Waals surface area (Å²) >= 11 is 0. The van der Waals surface area contributed by atoms with Crippen molar-refractivity contribution in [2.75, 3.05) is 14.2 Å². The second-order valence-electron chi connectivity index (χ2n) is 5.97. The zero-order chi connectivity index (χ0) is 12.6. The molecule has 2 rings (SSSR count). The van der Waals surface area contributed by atoms with E-state index in [1.807, 2.05) is 0 Å². The van der Waals surface area contributed by atoms with Gasteiger partial charge < -0.3 is 18.9 Å². The van der Waals surface area contributed by atoms with E-state index >= 15 is 0 Å². The van der Waals surface area contributed by atoms with Crippen LogP contribution in [0.5, 0.6) is 0 Å². The largest absolute Gasteiger partial charge is 0.353 e. The van der Waals surface area contributed by atoms with Gasteiger partial charge >= 0.3 is 0 Å². The van der Waals surface area contributed by atoms with Crippen LogP contribution in [0.1, 0.15) is 33.6 Å². The lowest BCUT2D eigenvalue weighted by Crippen LogP contribution is -2.25. The molecule has 0 bridgehead atoms. The van der Waals surface area contributed by atoms with Crippen molar-refractivity contribution in [3.8, 4) is 0 Å². The van der Waals surface area contributed by atoms with Gasteiger partial charge in [0.1, 0.15) is 12.2 Å². The van der Waals surface area contributed by atoms with E-state index in [1.54, 1.807) is 14.2 Å². The van der Waals surface area contributed by atoms with Crippen molar-refractivity contribution in [2.24, 2.45) is 11.3 Å². The predicted octanol–water partition coefficient (Wildman–Crippen LogP) is 2.17. The molecule has 17 heavy (non-hydrogen) atoms. The Labute approximate surface area is 104 Å². The van der Waals surface area contributed by atoms with Gasteiger partial charge in [-0.1, -0.05) is 20.8 Å². The van der Waals surface area contributed by atoms with Crippen LogP contribution in [0.25, 0.3) is 0 Å². The fourth-order valence-corrected chi connectivity index (χ4v) is 2.83. The Kier molecular flexibility index (Phi) is 3.78. The predicted molar refractivity (Wildman–Crippen MR) is 63.5 cm³/mol. The standard InChI is InChI=1S/C13H24O4/c1-8(6-9-11(14-4)16-9)7-13(2,3)10-12(15-5)17-10/h8-12H,6-7H2,1-5H3. The quantitative estimate of drug-likeness (QED) is 0.644. The Morgan fingerprint density at radius 3 is 2.24 bits per heavy atom. The number of hydrogen-bond acceptors (Lipinski definition) is 4. The first kappa shape index (κ1) is 13.3. The summed E-state index contributed by atoms with van der Waals surface area (Å²) in [6, 6.07) is 0. The molecular weight excluding hydrogens is 220 g/mol. The second kappa shape index (κ2) is 4.84. The highest BCUT2D eigenvalue weighted by atomic mass is 16.8. The van der Waals surface area contributed by atoms with Gasteiger partial charge in [0.05, 0.1) is 0 Å². The lowest BCUT2D eigenvalue weighted by molar-refractivity contribution is 0.0947. The summed E-state index contributed by atoms with van der Waals surface area (Å²) in [7, 11) is 3.39. The lowest BCUT2D eigenvalue weighted by atomic mass is 9.79. The molecule has 0 spiro atoms. The third kappa shape index (κ3) is 3.19. The minimum absolute atomic E-state index is 0.00102. The third-order valence-electron chi connectivity index (χ3n) is 3.73. The van der Waals surface area contributed by atoms with E-state index in [-0.39, 0.29) is 24.1 Å². The highest BCUT2D eigenvalue weighted by Crippen LogP contribution is 2.44. The third-order valence-corrected chi connectivity index (χ3v) is 3.73. The van der Waals surface area contributed by atoms with E-state index < -0.39 is 0 Å². The minimum Gasteiger partial charge on any atom is -0.353 e. The second-order valence-corrected chi connectivity index (χ2v) is 5.97. The summed E-state index contributed by atoms with van der Waals surface area (Å²) in [5.74, 6) is 0.608. The SMILES string of the molecule is COC1OC1CC(C)CC(C)(C)C1OC1OC. The molecule has 0 radical (unpaired) electrons. The molecule has 5 unspecified atom stereocenters. The topological polar surface area (TPSA) is 43.5 Å². The Balaban J connectivity index is 1.72. The van der Waals surface area contributed by atoms with Gasteiger partial charge in [-0.05, 0) is 24.2 Å². The molecule has 2 fully saturated rings. The molecule has 0 saturated carbocycles. The highest BCUT2D eigenvalue weighted by molar-refractivity contribution is 4.92. The molecule has 0 aromatic carbocycles. The van der Waals surface area contributed by atoms with Crippen molar-refractivity contribution in [3.63, 3.8) is 0 Å². The number of rotatable bonds is 7. The molecule has 0 aromatic heterocycles. The number of methoxy groups -OCH3 is 2. The average molecular weight is 244 g/mol. The minimum atomic E-state index is 0.00102. The first-order valence-corrected chi connectivity index (χ1v) is 6.34. The van der Waals surface area contributed by atoms with E-state index in [2.05, 4.69) is 20.8 Å². The van der Waals surface area contributed by atoms with Crippen molar-refractivity contribution in [1.29, 1.82) is 0 Å². The summed E-state index contributed by atoms with van der Waals surface area (Å²) in [4.78, 5) is 0. The molecule has 0 amide bonds. The Bertz CT molecular complexity index is 266. The first-order chi connectivity index (χ1) is 7.97. The van der Waals surface area contributed by atoms with Crippen molar-refractivity contribution in [3.05, 3.63) is 0 Å². The maximum atomic E-state index is 5.52. The molecule has 2 aliphatic rings. The van der Waals surface area contributed by atoms with Gasteiger partial charge in [-0.2, -0.15) is 0 Å². The molecule has 0 aromatic rings. The number of hydrogen-bond donors (Lipinski definition) is 0. The maximum absolute atomic E-state index is 5.52. The van der Waals surface area contributed by atoms with Gasteiger partial charge in [0.2, 0.25) is 0 Å². The monoisotopic (exact) mass is 244 g/mol. The molecule has 2 aliphatic heterocycles. The molecule has 2 heterocycles. The zero-order valence-electron chi connectivity index (χ0n) is 11.4. The van der Waals surface area contributed by atoms with Gasteiger partial charge in [-0.3, -0.25) is 0 Å². The smallest absolute Gasteiger partial charge is 0.184 e. The Morgan fingerprint density at radius 2 is 1.76 bits per heavy atom. The van der Waals surface area contributed by atoms with E-state index in [0.717, 1.165) is 12.8 Å². The summed E-state index contributed by atoms with van der Waals surface area (Å²) in [5, 5.41) is 0. The van der Waals surface area contributed by atoms with Crippen LogP contribution >= 0.6 is 0 Å². The van der Waals surface area contributed by atoms with Gasteiger partial charge in [0.15, 0.2) is 12.6 Å². The summed E-state index contributed by atoms with van der Waals surface area (Å²) in [6.07, 6.45) is 2.75. The van der Waals surface area contributed by atoms with Crippen LogP contribution < -0.4 is 0 Å². The van der Waals surface area contributed by atoms with Gasteiger partial charge in [0, 0.05) is 14.2 Å². The fourth-order valence-electron chi connectivity index (χ4n) is 2.83. The fraction of sp³-hybridized carbons (Fsp3) is 1.00. The van der Waals surface area contributed by atoms with E-state index in [9.17, 15) is 0 Å². The van der Waals surface area contributed by atoms with Gasteiger partial charge in [-0.15, -0.1) is 0 Å². The molecule has 2 saturated heterocycles. The van der Waals surface area contributed by atoms with Crippen LogP contribution in [0.2, 0.25) is 0 Å². The van der Waals surface area contributed by atoms with E-state index in [4.69, 9.17) is 18.9 Å². The highest BCUT2D eigenvalue weighted by Gasteiger charge is 2.51. The van der Waals surface area contributed by atoms with Crippen molar-refractivity contribution in [2.45, 2.75) is 58.4 Å². The molecule has 4 heteroatoms. The van der Waals surface area contributed by atoms with Crippen molar-refractivity contribution in [1.82, 2.24) is 0 Å². The van der Waals surface area contributed by atoms with Gasteiger partial charge in [0.25, 0.3) is 0 Å². The normalized spacial score (nSPS) is 37.9. The van der Waals surface area contributed by atoms with Crippen LogP contribution in [0.4, 0.5) is 0 Å². The van der Waals surface area contributed by atoms with E-state index in [0.29, 0.717) is 12.0 Å². The number of ether oxygens (including phenoxy) is 4. The Hall–Kier alpha value is -0.160. The first-order valence-electron chi connectivity index (χ1n) is 6.34. The van der Waals surface area contributed by atoms with Crippen LogP contribution in [0.3, 0.4) is 0 Å². The lowest BCUT2D eigenvalue weighted by Gasteiger charge is -2.26. The summed E-state index contributed by atoms with van der Waals surface area (Å²) < 4.78 is 21.2. The molecular formula is C13H24O4. The van der Waals surface area contributed by atoms with E-state index in [1.165, 1.54) is 0 Å². The molecule has 0 N–H and O–H groups in total. The van der Waals surface area contributed by atoms with Crippen LogP contribution in [0.15, 0.2) is 0 Å². The van der Waals surface area contributed by atoms with Gasteiger partial charge in [-0.25, -0.2) is 0 Å². The molecule has 5 atom stereocenters. The van der Waals surface area contributed by atoms with Crippen LogP contribution in [-0.4, -0.2) is 39.0 Å².